The molecule has 0 unspecified atom stereocenters. The summed E-state index contributed by atoms with van der Waals surface area (Å²) in [5, 5.41) is 2.97. The van der Waals surface area contributed by atoms with Crippen LogP contribution < -0.4 is 5.32 Å². The van der Waals surface area contributed by atoms with E-state index in [0.717, 1.165) is 11.3 Å². The number of hydrogen-bond donors (Lipinski definition) is 1. The van der Waals surface area contributed by atoms with Crippen LogP contribution in [0.15, 0.2) is 36.7 Å². The largest absolute Gasteiger partial charge is 0.326 e. The summed E-state index contributed by atoms with van der Waals surface area (Å²) in [6.45, 7) is 4.17. The lowest BCUT2D eigenvalue weighted by Crippen LogP contribution is -2.23. The minimum absolute atomic E-state index is 0.0811. The monoisotopic (exact) mass is 252 g/mol. The van der Waals surface area contributed by atoms with E-state index in [1.54, 1.807) is 12.4 Å². The molecule has 1 aliphatic heterocycles. The van der Waals surface area contributed by atoms with Crippen LogP contribution in [0.5, 0.6) is 0 Å². The van der Waals surface area contributed by atoms with E-state index < -0.39 is 0 Å². The number of hydrogen-bond acceptors (Lipinski definition) is 2. The molecule has 1 aliphatic rings. The van der Waals surface area contributed by atoms with Gasteiger partial charge in [-0.3, -0.25) is 9.78 Å². The second-order valence-electron chi connectivity index (χ2n) is 5.11. The quantitative estimate of drug-likeness (QED) is 0.847. The molecule has 96 valence electrons. The Bertz CT molecular complexity index is 635. The molecule has 3 rings (SSSR count). The van der Waals surface area contributed by atoms with E-state index in [4.69, 9.17) is 0 Å². The lowest BCUT2D eigenvalue weighted by molar-refractivity contribution is -0.116. The van der Waals surface area contributed by atoms with Gasteiger partial charge in [0.1, 0.15) is 0 Å². The van der Waals surface area contributed by atoms with Crippen LogP contribution in [0.1, 0.15) is 34.6 Å². The molecular weight excluding hydrogens is 236 g/mol. The SMILES string of the molecule is Cc1cc2c(cc1C)[C@@H](c1ccncc1)CC(=O)N2. The van der Waals surface area contributed by atoms with Crippen molar-refractivity contribution in [1.29, 1.82) is 0 Å². The molecule has 0 bridgehead atoms. The van der Waals surface area contributed by atoms with Crippen molar-refractivity contribution >= 4 is 11.6 Å². The molecule has 3 heteroatoms. The van der Waals surface area contributed by atoms with Crippen molar-refractivity contribution in [2.75, 3.05) is 5.32 Å². The highest BCUT2D eigenvalue weighted by Gasteiger charge is 2.26. The normalized spacial score (nSPS) is 17.8. The fourth-order valence-corrected chi connectivity index (χ4v) is 2.62. The number of nitrogens with one attached hydrogen (secondary N) is 1. The number of amides is 1. The van der Waals surface area contributed by atoms with E-state index in [-0.39, 0.29) is 11.8 Å². The van der Waals surface area contributed by atoms with Gasteiger partial charge in [0.05, 0.1) is 0 Å². The number of pyridine rings is 1. The van der Waals surface area contributed by atoms with Crippen molar-refractivity contribution in [3.8, 4) is 0 Å². The average molecular weight is 252 g/mol. The molecule has 1 N–H and O–H groups in total. The zero-order valence-corrected chi connectivity index (χ0v) is 11.1. The topological polar surface area (TPSA) is 42.0 Å². The second-order valence-corrected chi connectivity index (χ2v) is 5.11. The second kappa shape index (κ2) is 4.50. The number of aryl methyl sites for hydroxylation is 2. The van der Waals surface area contributed by atoms with Gasteiger partial charge < -0.3 is 5.32 Å². The maximum atomic E-state index is 11.9. The van der Waals surface area contributed by atoms with Crippen LogP contribution in [-0.4, -0.2) is 10.9 Å². The molecule has 2 heterocycles. The lowest BCUT2D eigenvalue weighted by Gasteiger charge is -2.27. The van der Waals surface area contributed by atoms with Crippen molar-refractivity contribution in [2.24, 2.45) is 0 Å². The first-order valence-corrected chi connectivity index (χ1v) is 6.46. The zero-order valence-electron chi connectivity index (χ0n) is 11.1. The molecule has 0 aliphatic carbocycles. The number of carbonyl (C=O) groups excluding carboxylic acids is 1. The summed E-state index contributed by atoms with van der Waals surface area (Å²) < 4.78 is 0. The first-order valence-electron chi connectivity index (χ1n) is 6.46. The maximum absolute atomic E-state index is 11.9. The van der Waals surface area contributed by atoms with Crippen molar-refractivity contribution in [1.82, 2.24) is 4.98 Å². The van der Waals surface area contributed by atoms with Crippen molar-refractivity contribution in [3.63, 3.8) is 0 Å². The van der Waals surface area contributed by atoms with Gasteiger partial charge in [-0.2, -0.15) is 0 Å². The third-order valence-corrected chi connectivity index (χ3v) is 3.81. The van der Waals surface area contributed by atoms with Crippen LogP contribution >= 0.6 is 0 Å². The van der Waals surface area contributed by atoms with Gasteiger partial charge >= 0.3 is 0 Å². The predicted molar refractivity (Wildman–Crippen MR) is 75.2 cm³/mol. The molecule has 0 fully saturated rings. The third-order valence-electron chi connectivity index (χ3n) is 3.81. The summed E-state index contributed by atoms with van der Waals surface area (Å²) in [5.41, 5.74) is 5.76. The fourth-order valence-electron chi connectivity index (χ4n) is 2.62. The molecule has 3 nitrogen and oxygen atoms in total. The van der Waals surface area contributed by atoms with Gasteiger partial charge in [0, 0.05) is 30.4 Å². The minimum atomic E-state index is 0.0811. The van der Waals surface area contributed by atoms with Crippen LogP contribution in [0.4, 0.5) is 5.69 Å². The molecule has 0 saturated carbocycles. The number of rotatable bonds is 1. The van der Waals surface area contributed by atoms with Crippen LogP contribution in [0.3, 0.4) is 0 Å². The van der Waals surface area contributed by atoms with Gasteiger partial charge in [0.15, 0.2) is 0 Å². The minimum Gasteiger partial charge on any atom is -0.326 e. The molecule has 0 saturated heterocycles. The molecule has 1 amide bonds. The number of anilines is 1. The summed E-state index contributed by atoms with van der Waals surface area (Å²) in [6.07, 6.45) is 4.06. The Balaban J connectivity index is 2.14. The van der Waals surface area contributed by atoms with E-state index in [1.165, 1.54) is 16.7 Å². The number of aromatic nitrogens is 1. The van der Waals surface area contributed by atoms with Crippen LogP contribution in [0, 0.1) is 13.8 Å². The van der Waals surface area contributed by atoms with Gasteiger partial charge in [-0.25, -0.2) is 0 Å². The number of benzene rings is 1. The highest BCUT2D eigenvalue weighted by atomic mass is 16.1. The van der Waals surface area contributed by atoms with Crippen LogP contribution in [-0.2, 0) is 4.79 Å². The first-order chi connectivity index (χ1) is 9.15. The highest BCUT2D eigenvalue weighted by Crippen LogP contribution is 2.38. The highest BCUT2D eigenvalue weighted by molar-refractivity contribution is 5.95. The average Bonchev–Trinajstić information content (AvgIpc) is 2.41. The van der Waals surface area contributed by atoms with E-state index >= 15 is 0 Å². The molecule has 1 atom stereocenters. The molecule has 1 aromatic carbocycles. The van der Waals surface area contributed by atoms with E-state index in [0.29, 0.717) is 6.42 Å². The molecule has 1 aromatic heterocycles. The summed E-state index contributed by atoms with van der Waals surface area (Å²) in [6, 6.07) is 8.23. The summed E-state index contributed by atoms with van der Waals surface area (Å²) >= 11 is 0. The summed E-state index contributed by atoms with van der Waals surface area (Å²) in [7, 11) is 0. The van der Waals surface area contributed by atoms with Gasteiger partial charge in [-0.05, 0) is 54.3 Å². The van der Waals surface area contributed by atoms with Crippen LogP contribution in [0.2, 0.25) is 0 Å². The predicted octanol–water partition coefficient (Wildman–Crippen LogP) is 3.17. The smallest absolute Gasteiger partial charge is 0.225 e. The van der Waals surface area contributed by atoms with Gasteiger partial charge in [0.2, 0.25) is 5.91 Å². The fraction of sp³-hybridized carbons (Fsp3) is 0.250. The lowest BCUT2D eigenvalue weighted by atomic mass is 9.84. The van der Waals surface area contributed by atoms with Crippen molar-refractivity contribution in [3.05, 3.63) is 58.9 Å². The first kappa shape index (κ1) is 11.9. The Morgan fingerprint density at radius 1 is 1.16 bits per heavy atom. The third kappa shape index (κ3) is 2.12. The Morgan fingerprint density at radius 2 is 1.84 bits per heavy atom. The van der Waals surface area contributed by atoms with Gasteiger partial charge in [0.25, 0.3) is 0 Å². The standard InChI is InChI=1S/C16H16N2O/c1-10-7-14-13(12-3-5-17-6-4-12)9-16(19)18-15(14)8-11(10)2/h3-8,13H,9H2,1-2H3,(H,18,19)/t13-/m1/s1. The van der Waals surface area contributed by atoms with Gasteiger partial charge in [-0.15, -0.1) is 0 Å². The summed E-state index contributed by atoms with van der Waals surface area (Å²) in [4.78, 5) is 15.9. The molecule has 0 spiro atoms. The van der Waals surface area contributed by atoms with Crippen molar-refractivity contribution < 1.29 is 4.79 Å². The van der Waals surface area contributed by atoms with E-state index in [1.807, 2.05) is 12.1 Å². The van der Waals surface area contributed by atoms with E-state index in [2.05, 4.69) is 36.3 Å². The molecule has 19 heavy (non-hydrogen) atoms. The molecule has 0 radical (unpaired) electrons. The Labute approximate surface area is 112 Å². The number of carbonyl (C=O) groups is 1. The summed E-state index contributed by atoms with van der Waals surface area (Å²) in [5.74, 6) is 0.212. The molecule has 2 aromatic rings. The van der Waals surface area contributed by atoms with Crippen molar-refractivity contribution in [2.45, 2.75) is 26.2 Å². The van der Waals surface area contributed by atoms with Crippen LogP contribution in [0.25, 0.3) is 0 Å². The Morgan fingerprint density at radius 3 is 2.58 bits per heavy atom. The zero-order chi connectivity index (χ0) is 13.4. The Hall–Kier alpha value is -2.16. The van der Waals surface area contributed by atoms with E-state index in [9.17, 15) is 4.79 Å². The number of fused-ring (bicyclic) bond motifs is 1. The van der Waals surface area contributed by atoms with Gasteiger partial charge in [-0.1, -0.05) is 6.07 Å². The maximum Gasteiger partial charge on any atom is 0.225 e. The Kier molecular flexibility index (Phi) is 2.82. The number of nitrogens with zero attached hydrogens (tertiary/aromatic N) is 1. The molecular formula is C16H16N2O.